The fourth-order valence-corrected chi connectivity index (χ4v) is 3.50. The lowest BCUT2D eigenvalue weighted by atomic mass is 10.2. The molecule has 2 fully saturated rings. The van der Waals surface area contributed by atoms with Gasteiger partial charge in [-0.3, -0.25) is 14.4 Å². The van der Waals surface area contributed by atoms with E-state index >= 15 is 0 Å². The lowest BCUT2D eigenvalue weighted by molar-refractivity contribution is -0.145. The molecule has 1 N–H and O–H groups in total. The predicted octanol–water partition coefficient (Wildman–Crippen LogP) is 0.283. The average molecular weight is 405 g/mol. The van der Waals surface area contributed by atoms with Crippen LogP contribution in [-0.4, -0.2) is 87.2 Å². The highest BCUT2D eigenvalue weighted by atomic mass is 16.5. The number of benzene rings is 1. The van der Waals surface area contributed by atoms with Crippen LogP contribution in [0.15, 0.2) is 18.2 Å². The zero-order valence-electron chi connectivity index (χ0n) is 16.8. The van der Waals surface area contributed by atoms with Crippen LogP contribution in [0, 0.1) is 0 Å². The van der Waals surface area contributed by atoms with Crippen molar-refractivity contribution in [1.29, 1.82) is 0 Å². The van der Waals surface area contributed by atoms with Gasteiger partial charge in [0.05, 0.1) is 20.8 Å². The summed E-state index contributed by atoms with van der Waals surface area (Å²) in [6.07, 6.45) is 1.34. The minimum Gasteiger partial charge on any atom is -0.493 e. The average Bonchev–Trinajstić information content (AvgIpc) is 3.31. The number of carbonyl (C=O) groups excluding carboxylic acids is 3. The van der Waals surface area contributed by atoms with Crippen molar-refractivity contribution in [1.82, 2.24) is 15.1 Å². The van der Waals surface area contributed by atoms with E-state index in [-0.39, 0.29) is 30.4 Å². The Balaban J connectivity index is 1.46. The van der Waals surface area contributed by atoms with Crippen LogP contribution in [0.25, 0.3) is 0 Å². The summed E-state index contributed by atoms with van der Waals surface area (Å²) in [5.41, 5.74) is 0.377. The minimum atomic E-state index is -0.369. The van der Waals surface area contributed by atoms with Crippen molar-refractivity contribution in [2.45, 2.75) is 18.9 Å². The molecular formula is C20H27N3O6. The van der Waals surface area contributed by atoms with E-state index in [1.807, 2.05) is 0 Å². The Bertz CT molecular complexity index is 755. The second-order valence-corrected chi connectivity index (χ2v) is 6.96. The van der Waals surface area contributed by atoms with Gasteiger partial charge in [-0.1, -0.05) is 0 Å². The first-order valence-electron chi connectivity index (χ1n) is 9.72. The molecule has 0 aromatic heterocycles. The molecule has 2 heterocycles. The third-order valence-electron chi connectivity index (χ3n) is 5.20. The van der Waals surface area contributed by atoms with Gasteiger partial charge >= 0.3 is 0 Å². The number of hydrogen-bond donors (Lipinski definition) is 1. The Labute approximate surface area is 169 Å². The molecule has 1 atom stereocenters. The van der Waals surface area contributed by atoms with Crippen molar-refractivity contribution in [2.24, 2.45) is 0 Å². The molecule has 9 heteroatoms. The molecular weight excluding hydrogens is 378 g/mol. The number of methoxy groups -OCH3 is 2. The fraction of sp³-hybridized carbons (Fsp3) is 0.550. The van der Waals surface area contributed by atoms with Crippen molar-refractivity contribution >= 4 is 17.7 Å². The topological polar surface area (TPSA) is 97.4 Å². The molecule has 29 heavy (non-hydrogen) atoms. The van der Waals surface area contributed by atoms with Crippen molar-refractivity contribution < 1.29 is 28.6 Å². The molecule has 0 radical (unpaired) electrons. The summed E-state index contributed by atoms with van der Waals surface area (Å²) in [6.45, 7) is 2.39. The molecule has 9 nitrogen and oxygen atoms in total. The van der Waals surface area contributed by atoms with Gasteiger partial charge in [0.2, 0.25) is 5.91 Å². The number of nitrogens with one attached hydrogen (secondary N) is 1. The highest BCUT2D eigenvalue weighted by Crippen LogP contribution is 2.27. The number of piperazine rings is 1. The summed E-state index contributed by atoms with van der Waals surface area (Å²) >= 11 is 0. The molecule has 0 spiro atoms. The van der Waals surface area contributed by atoms with Gasteiger partial charge < -0.3 is 29.3 Å². The predicted molar refractivity (Wildman–Crippen MR) is 104 cm³/mol. The Morgan fingerprint density at radius 1 is 1.07 bits per heavy atom. The van der Waals surface area contributed by atoms with E-state index in [1.165, 1.54) is 14.2 Å². The van der Waals surface area contributed by atoms with Gasteiger partial charge in [-0.2, -0.15) is 0 Å². The molecule has 0 bridgehead atoms. The van der Waals surface area contributed by atoms with E-state index in [0.717, 1.165) is 12.8 Å². The van der Waals surface area contributed by atoms with Gasteiger partial charge in [-0.15, -0.1) is 0 Å². The molecule has 158 valence electrons. The Kier molecular flexibility index (Phi) is 6.92. The first-order chi connectivity index (χ1) is 14.0. The summed E-state index contributed by atoms with van der Waals surface area (Å²) < 4.78 is 15.8. The lowest BCUT2D eigenvalue weighted by Crippen LogP contribution is -2.54. The van der Waals surface area contributed by atoms with Crippen molar-refractivity contribution in [2.75, 3.05) is 53.6 Å². The summed E-state index contributed by atoms with van der Waals surface area (Å²) in [6, 6.07) is 4.81. The third-order valence-corrected chi connectivity index (χ3v) is 5.20. The van der Waals surface area contributed by atoms with Crippen molar-refractivity contribution in [3.63, 3.8) is 0 Å². The zero-order valence-corrected chi connectivity index (χ0v) is 16.8. The van der Waals surface area contributed by atoms with Crippen LogP contribution in [0.3, 0.4) is 0 Å². The van der Waals surface area contributed by atoms with E-state index in [4.69, 9.17) is 14.2 Å². The van der Waals surface area contributed by atoms with E-state index in [2.05, 4.69) is 5.32 Å². The fourth-order valence-electron chi connectivity index (χ4n) is 3.50. The molecule has 0 saturated carbocycles. The number of nitrogens with zero attached hydrogens (tertiary/aromatic N) is 2. The Hall–Kier alpha value is -2.81. The number of rotatable bonds is 6. The van der Waals surface area contributed by atoms with E-state index < -0.39 is 0 Å². The van der Waals surface area contributed by atoms with Crippen LogP contribution in [0.2, 0.25) is 0 Å². The molecule has 3 rings (SSSR count). The maximum absolute atomic E-state index is 12.4. The molecule has 3 amide bonds. The zero-order chi connectivity index (χ0) is 20.8. The molecule has 1 aromatic carbocycles. The van der Waals surface area contributed by atoms with Gasteiger partial charge in [0.15, 0.2) is 11.5 Å². The summed E-state index contributed by atoms with van der Waals surface area (Å²) in [4.78, 5) is 40.6. The number of ether oxygens (including phenoxy) is 3. The number of amides is 3. The van der Waals surface area contributed by atoms with Gasteiger partial charge in [0.1, 0.15) is 6.10 Å². The first-order valence-corrected chi connectivity index (χ1v) is 9.72. The van der Waals surface area contributed by atoms with Crippen LogP contribution in [0.1, 0.15) is 23.2 Å². The molecule has 0 aliphatic carbocycles. The largest absolute Gasteiger partial charge is 0.493 e. The molecule has 2 aliphatic rings. The van der Waals surface area contributed by atoms with Crippen LogP contribution in [0.4, 0.5) is 0 Å². The van der Waals surface area contributed by atoms with Crippen molar-refractivity contribution in [3.8, 4) is 11.5 Å². The SMILES string of the molecule is COc1ccc(C(=O)NCC(=O)N2CCN(C(=O)C3CCCO3)CC2)cc1OC. The van der Waals surface area contributed by atoms with Crippen LogP contribution in [-0.2, 0) is 14.3 Å². The van der Waals surface area contributed by atoms with Gasteiger partial charge in [0.25, 0.3) is 11.8 Å². The molecule has 1 aromatic rings. The summed E-state index contributed by atoms with van der Waals surface area (Å²) in [7, 11) is 3.01. The molecule has 2 aliphatic heterocycles. The summed E-state index contributed by atoms with van der Waals surface area (Å²) in [5, 5.41) is 2.64. The standard InChI is InChI=1S/C20H27N3O6/c1-27-15-6-5-14(12-17(15)28-2)19(25)21-13-18(24)22-7-9-23(10-8-22)20(26)16-4-3-11-29-16/h5-6,12,16H,3-4,7-11,13H2,1-2H3,(H,21,25). The number of carbonyl (C=O) groups is 3. The maximum Gasteiger partial charge on any atom is 0.251 e. The van der Waals surface area contributed by atoms with E-state index in [1.54, 1.807) is 28.0 Å². The van der Waals surface area contributed by atoms with Crippen LogP contribution < -0.4 is 14.8 Å². The third kappa shape index (κ3) is 4.97. The monoisotopic (exact) mass is 405 g/mol. The highest BCUT2D eigenvalue weighted by molar-refractivity contribution is 5.97. The molecule has 1 unspecified atom stereocenters. The number of hydrogen-bond acceptors (Lipinski definition) is 6. The van der Waals surface area contributed by atoms with Crippen LogP contribution in [0.5, 0.6) is 11.5 Å². The highest BCUT2D eigenvalue weighted by Gasteiger charge is 2.31. The quantitative estimate of drug-likeness (QED) is 0.730. The van der Waals surface area contributed by atoms with Gasteiger partial charge in [-0.25, -0.2) is 0 Å². The smallest absolute Gasteiger partial charge is 0.251 e. The van der Waals surface area contributed by atoms with Crippen LogP contribution >= 0.6 is 0 Å². The van der Waals surface area contributed by atoms with Gasteiger partial charge in [0, 0.05) is 38.3 Å². The normalized spacial score (nSPS) is 19.0. The first kappa shape index (κ1) is 20.9. The minimum absolute atomic E-state index is 0.0105. The second-order valence-electron chi connectivity index (χ2n) is 6.96. The molecule has 2 saturated heterocycles. The maximum atomic E-state index is 12.4. The Morgan fingerprint density at radius 2 is 1.76 bits per heavy atom. The lowest BCUT2D eigenvalue weighted by Gasteiger charge is -2.35. The second kappa shape index (κ2) is 9.60. The summed E-state index contributed by atoms with van der Waals surface area (Å²) in [5.74, 6) is 0.431. The van der Waals surface area contributed by atoms with E-state index in [9.17, 15) is 14.4 Å². The van der Waals surface area contributed by atoms with Gasteiger partial charge in [-0.05, 0) is 31.0 Å². The van der Waals surface area contributed by atoms with E-state index in [0.29, 0.717) is 49.8 Å². The van der Waals surface area contributed by atoms with Crippen molar-refractivity contribution in [3.05, 3.63) is 23.8 Å². The Morgan fingerprint density at radius 3 is 2.38 bits per heavy atom.